The van der Waals surface area contributed by atoms with Crippen LogP contribution in [0.2, 0.25) is 0 Å². The van der Waals surface area contributed by atoms with Crippen LogP contribution >= 0.6 is 0 Å². The molecule has 0 heterocycles. The zero-order valence-electron chi connectivity index (χ0n) is 9.21. The highest BCUT2D eigenvalue weighted by atomic mass is 19.4. The molecule has 0 aliphatic carbocycles. The fourth-order valence-electron chi connectivity index (χ4n) is 1.28. The zero-order valence-corrected chi connectivity index (χ0v) is 9.21. The van der Waals surface area contributed by atoms with Gasteiger partial charge >= 0.3 is 6.18 Å². The average molecular weight is 246 g/mol. The Morgan fingerprint density at radius 2 is 2.00 bits per heavy atom. The first-order valence-electron chi connectivity index (χ1n) is 5.02. The van der Waals surface area contributed by atoms with Crippen LogP contribution in [-0.2, 0) is 6.18 Å². The average Bonchev–Trinajstić information content (AvgIpc) is 2.24. The minimum absolute atomic E-state index is 0.130. The van der Waals surface area contributed by atoms with E-state index in [4.69, 9.17) is 5.73 Å². The van der Waals surface area contributed by atoms with Gasteiger partial charge in [0.05, 0.1) is 11.1 Å². The summed E-state index contributed by atoms with van der Waals surface area (Å²) < 4.78 is 37.8. The number of hydrogen-bond donors (Lipinski definition) is 2. The second-order valence-corrected chi connectivity index (χ2v) is 3.73. The first kappa shape index (κ1) is 13.5. The lowest BCUT2D eigenvalue weighted by Gasteiger charge is -2.13. The number of halogens is 3. The van der Waals surface area contributed by atoms with Crippen LogP contribution in [0.15, 0.2) is 24.3 Å². The molecule has 94 valence electrons. The Morgan fingerprint density at radius 3 is 2.53 bits per heavy atom. The largest absolute Gasteiger partial charge is 0.417 e. The Bertz CT molecular complexity index is 402. The molecule has 3 N–H and O–H groups in total. The lowest BCUT2D eigenvalue weighted by molar-refractivity contribution is -0.137. The normalized spacial score (nSPS) is 13.2. The highest BCUT2D eigenvalue weighted by Gasteiger charge is 2.34. The van der Waals surface area contributed by atoms with Crippen molar-refractivity contribution in [2.75, 3.05) is 6.54 Å². The quantitative estimate of drug-likeness (QED) is 0.854. The number of rotatable bonds is 3. The summed E-state index contributed by atoms with van der Waals surface area (Å²) in [6, 6.07) is 4.33. The molecule has 0 aliphatic rings. The van der Waals surface area contributed by atoms with Gasteiger partial charge in [-0.05, 0) is 19.1 Å². The minimum atomic E-state index is -4.54. The number of carbonyl (C=O) groups is 1. The molecular formula is C11H13F3N2O. The number of amides is 1. The molecule has 0 aliphatic heterocycles. The molecule has 1 unspecified atom stereocenters. The molecule has 17 heavy (non-hydrogen) atoms. The SMILES string of the molecule is CC(N)CNC(=O)c1ccccc1C(F)(F)F. The van der Waals surface area contributed by atoms with Crippen LogP contribution in [0.4, 0.5) is 13.2 Å². The fourth-order valence-corrected chi connectivity index (χ4v) is 1.28. The lowest BCUT2D eigenvalue weighted by atomic mass is 10.1. The van der Waals surface area contributed by atoms with Crippen molar-refractivity contribution in [2.45, 2.75) is 19.1 Å². The monoisotopic (exact) mass is 246 g/mol. The maximum Gasteiger partial charge on any atom is 0.417 e. The fraction of sp³-hybridized carbons (Fsp3) is 0.364. The molecule has 0 aromatic heterocycles. The van der Waals surface area contributed by atoms with Gasteiger partial charge in [-0.25, -0.2) is 0 Å². The van der Waals surface area contributed by atoms with Crippen molar-refractivity contribution < 1.29 is 18.0 Å². The van der Waals surface area contributed by atoms with Gasteiger partial charge in [-0.3, -0.25) is 4.79 Å². The molecule has 0 saturated carbocycles. The topological polar surface area (TPSA) is 55.1 Å². The maximum absolute atomic E-state index is 12.6. The van der Waals surface area contributed by atoms with E-state index < -0.39 is 17.6 Å². The van der Waals surface area contributed by atoms with E-state index in [0.717, 1.165) is 12.1 Å². The van der Waals surface area contributed by atoms with Crippen molar-refractivity contribution in [2.24, 2.45) is 5.73 Å². The molecule has 1 aromatic carbocycles. The van der Waals surface area contributed by atoms with Crippen LogP contribution in [0.5, 0.6) is 0 Å². The van der Waals surface area contributed by atoms with E-state index in [0.29, 0.717) is 0 Å². The highest BCUT2D eigenvalue weighted by Crippen LogP contribution is 2.31. The summed E-state index contributed by atoms with van der Waals surface area (Å²) in [5, 5.41) is 2.35. The minimum Gasteiger partial charge on any atom is -0.350 e. The van der Waals surface area contributed by atoms with Gasteiger partial charge in [0, 0.05) is 12.6 Å². The van der Waals surface area contributed by atoms with Gasteiger partial charge in [0.2, 0.25) is 0 Å². The van der Waals surface area contributed by atoms with Gasteiger partial charge in [0.25, 0.3) is 5.91 Å². The Labute approximate surface area is 96.8 Å². The summed E-state index contributed by atoms with van der Waals surface area (Å²) in [5.74, 6) is -0.768. The Hall–Kier alpha value is -1.56. The molecule has 6 heteroatoms. The zero-order chi connectivity index (χ0) is 13.1. The van der Waals surface area contributed by atoms with Crippen molar-refractivity contribution >= 4 is 5.91 Å². The highest BCUT2D eigenvalue weighted by molar-refractivity contribution is 5.95. The number of nitrogens with one attached hydrogen (secondary N) is 1. The Balaban J connectivity index is 2.94. The van der Waals surface area contributed by atoms with Crippen molar-refractivity contribution in [3.05, 3.63) is 35.4 Å². The van der Waals surface area contributed by atoms with Gasteiger partial charge in [-0.15, -0.1) is 0 Å². The van der Waals surface area contributed by atoms with Gasteiger partial charge in [0.1, 0.15) is 0 Å². The summed E-state index contributed by atoms with van der Waals surface area (Å²) in [5.41, 5.74) is 4.07. The van der Waals surface area contributed by atoms with Gasteiger partial charge in [0.15, 0.2) is 0 Å². The number of alkyl halides is 3. The maximum atomic E-state index is 12.6. The first-order chi connectivity index (χ1) is 7.82. The molecule has 0 fully saturated rings. The number of nitrogens with two attached hydrogens (primary N) is 1. The van der Waals surface area contributed by atoms with Gasteiger partial charge in [-0.1, -0.05) is 12.1 Å². The van der Waals surface area contributed by atoms with Crippen LogP contribution in [0, 0.1) is 0 Å². The predicted molar refractivity (Wildman–Crippen MR) is 57.4 cm³/mol. The van der Waals surface area contributed by atoms with E-state index in [1.54, 1.807) is 6.92 Å². The standard InChI is InChI=1S/C11H13F3N2O/c1-7(15)6-16-10(17)8-4-2-3-5-9(8)11(12,13)14/h2-5,7H,6,15H2,1H3,(H,16,17). The molecule has 1 aromatic rings. The number of benzene rings is 1. The second kappa shape index (κ2) is 5.18. The van der Waals surface area contributed by atoms with Crippen LogP contribution in [0.1, 0.15) is 22.8 Å². The molecule has 3 nitrogen and oxygen atoms in total. The Kier molecular flexibility index (Phi) is 4.11. The van der Waals surface area contributed by atoms with Crippen molar-refractivity contribution in [1.82, 2.24) is 5.32 Å². The molecular weight excluding hydrogens is 233 g/mol. The third-order valence-electron chi connectivity index (χ3n) is 2.06. The molecule has 0 radical (unpaired) electrons. The Morgan fingerprint density at radius 1 is 1.41 bits per heavy atom. The smallest absolute Gasteiger partial charge is 0.350 e. The summed E-state index contributed by atoms with van der Waals surface area (Å²) >= 11 is 0. The molecule has 0 saturated heterocycles. The van der Waals surface area contributed by atoms with Crippen molar-refractivity contribution in [3.8, 4) is 0 Å². The van der Waals surface area contributed by atoms with E-state index in [-0.39, 0.29) is 18.2 Å². The van der Waals surface area contributed by atoms with Crippen molar-refractivity contribution in [3.63, 3.8) is 0 Å². The molecule has 0 bridgehead atoms. The van der Waals surface area contributed by atoms with E-state index >= 15 is 0 Å². The van der Waals surface area contributed by atoms with E-state index in [2.05, 4.69) is 5.32 Å². The number of carbonyl (C=O) groups excluding carboxylic acids is 1. The third kappa shape index (κ3) is 3.74. The van der Waals surface area contributed by atoms with Crippen LogP contribution in [0.25, 0.3) is 0 Å². The summed E-state index contributed by atoms with van der Waals surface area (Å²) in [7, 11) is 0. The molecule has 1 atom stereocenters. The third-order valence-corrected chi connectivity index (χ3v) is 2.06. The van der Waals surface area contributed by atoms with Crippen LogP contribution in [0.3, 0.4) is 0 Å². The predicted octanol–water partition coefficient (Wildman–Crippen LogP) is 1.78. The van der Waals surface area contributed by atoms with E-state index in [9.17, 15) is 18.0 Å². The van der Waals surface area contributed by atoms with E-state index in [1.807, 2.05) is 0 Å². The number of hydrogen-bond acceptors (Lipinski definition) is 2. The van der Waals surface area contributed by atoms with Crippen LogP contribution in [-0.4, -0.2) is 18.5 Å². The first-order valence-corrected chi connectivity index (χ1v) is 5.02. The molecule has 1 rings (SSSR count). The summed E-state index contributed by atoms with van der Waals surface area (Å²) in [6.45, 7) is 1.78. The summed E-state index contributed by atoms with van der Waals surface area (Å²) in [6.07, 6.45) is -4.54. The lowest BCUT2D eigenvalue weighted by Crippen LogP contribution is -2.36. The van der Waals surface area contributed by atoms with Gasteiger partial charge in [-0.2, -0.15) is 13.2 Å². The van der Waals surface area contributed by atoms with E-state index in [1.165, 1.54) is 12.1 Å². The molecule has 1 amide bonds. The van der Waals surface area contributed by atoms with Crippen molar-refractivity contribution in [1.29, 1.82) is 0 Å². The molecule has 0 spiro atoms. The second-order valence-electron chi connectivity index (χ2n) is 3.73. The summed E-state index contributed by atoms with van der Waals surface area (Å²) in [4.78, 5) is 11.5. The van der Waals surface area contributed by atoms with Gasteiger partial charge < -0.3 is 11.1 Å². The van der Waals surface area contributed by atoms with Crippen LogP contribution < -0.4 is 11.1 Å².